The zero-order valence-electron chi connectivity index (χ0n) is 11.1. The van der Waals surface area contributed by atoms with Crippen LogP contribution in [0.25, 0.3) is 0 Å². The van der Waals surface area contributed by atoms with E-state index in [1.165, 1.54) is 24.4 Å². The second-order valence-electron chi connectivity index (χ2n) is 4.30. The number of nitrogens with one attached hydrogen (secondary N) is 1. The molecule has 2 aromatic rings. The third-order valence-electron chi connectivity index (χ3n) is 2.74. The maximum absolute atomic E-state index is 12.4. The van der Waals surface area contributed by atoms with Gasteiger partial charge in [0.05, 0.1) is 22.4 Å². The van der Waals surface area contributed by atoms with E-state index in [1.807, 2.05) is 0 Å². The first-order valence-electron chi connectivity index (χ1n) is 6.13. The number of alkyl halides is 3. The second kappa shape index (κ2) is 6.62. The Kier molecular flexibility index (Phi) is 4.82. The molecule has 1 amide bonds. The van der Waals surface area contributed by atoms with Gasteiger partial charge in [0.25, 0.3) is 5.91 Å². The third-order valence-corrected chi connectivity index (χ3v) is 3.07. The minimum atomic E-state index is -4.38. The van der Waals surface area contributed by atoms with Crippen LogP contribution in [0.2, 0.25) is 5.02 Å². The Labute approximate surface area is 129 Å². The summed E-state index contributed by atoms with van der Waals surface area (Å²) < 4.78 is 37.2. The van der Waals surface area contributed by atoms with Crippen LogP contribution < -0.4 is 5.43 Å². The van der Waals surface area contributed by atoms with Gasteiger partial charge in [-0.3, -0.25) is 4.79 Å². The normalized spacial score (nSPS) is 11.6. The summed E-state index contributed by atoms with van der Waals surface area (Å²) in [6.45, 7) is 0. The van der Waals surface area contributed by atoms with Crippen molar-refractivity contribution in [2.45, 2.75) is 6.18 Å². The van der Waals surface area contributed by atoms with E-state index in [9.17, 15) is 18.0 Å². The molecule has 7 heteroatoms. The summed E-state index contributed by atoms with van der Waals surface area (Å²) in [7, 11) is 0. The Morgan fingerprint density at radius 1 is 1.09 bits per heavy atom. The van der Waals surface area contributed by atoms with Crippen LogP contribution in [0.15, 0.2) is 53.6 Å². The standard InChI is InChI=1S/C15H10ClF3N2O/c16-13-4-2-1-3-12(13)14(22)21-20-9-10-5-7-11(8-6-10)15(17,18)19/h1-9H,(H,21,22)/b20-9-. The highest BCUT2D eigenvalue weighted by Crippen LogP contribution is 2.28. The average molecular weight is 327 g/mol. The number of rotatable bonds is 3. The Morgan fingerprint density at radius 3 is 2.32 bits per heavy atom. The number of amides is 1. The number of benzene rings is 2. The molecule has 1 N–H and O–H groups in total. The van der Waals surface area contributed by atoms with Crippen molar-refractivity contribution < 1.29 is 18.0 Å². The fourth-order valence-electron chi connectivity index (χ4n) is 1.63. The lowest BCUT2D eigenvalue weighted by Gasteiger charge is -2.05. The van der Waals surface area contributed by atoms with Crippen LogP contribution in [0.5, 0.6) is 0 Å². The molecule has 0 aliphatic heterocycles. The molecule has 0 heterocycles. The van der Waals surface area contributed by atoms with E-state index < -0.39 is 17.6 Å². The molecular formula is C15H10ClF3N2O. The number of hydrogen-bond donors (Lipinski definition) is 1. The molecule has 114 valence electrons. The number of carbonyl (C=O) groups excluding carboxylic acids is 1. The van der Waals surface area contributed by atoms with E-state index in [1.54, 1.807) is 18.2 Å². The summed E-state index contributed by atoms with van der Waals surface area (Å²) in [4.78, 5) is 11.8. The molecule has 0 spiro atoms. The SMILES string of the molecule is O=C(N/N=C\c1ccc(C(F)(F)F)cc1)c1ccccc1Cl. The van der Waals surface area contributed by atoms with Gasteiger partial charge in [0.15, 0.2) is 0 Å². The molecule has 0 aliphatic rings. The highest BCUT2D eigenvalue weighted by atomic mass is 35.5. The summed E-state index contributed by atoms with van der Waals surface area (Å²) in [5.41, 5.74) is 2.19. The van der Waals surface area contributed by atoms with Crippen molar-refractivity contribution in [1.82, 2.24) is 5.43 Å². The molecule has 0 aliphatic carbocycles. The Balaban J connectivity index is 2.01. The molecule has 0 fully saturated rings. The topological polar surface area (TPSA) is 41.5 Å². The van der Waals surface area contributed by atoms with Crippen LogP contribution in [0, 0.1) is 0 Å². The molecular weight excluding hydrogens is 317 g/mol. The molecule has 0 aromatic heterocycles. The molecule has 22 heavy (non-hydrogen) atoms. The first kappa shape index (κ1) is 16.0. The summed E-state index contributed by atoms with van der Waals surface area (Å²) in [6, 6.07) is 10.8. The van der Waals surface area contributed by atoms with Crippen molar-refractivity contribution in [2.75, 3.05) is 0 Å². The lowest BCUT2D eigenvalue weighted by atomic mass is 10.1. The average Bonchev–Trinajstić information content (AvgIpc) is 2.47. The molecule has 0 radical (unpaired) electrons. The highest BCUT2D eigenvalue weighted by molar-refractivity contribution is 6.33. The maximum atomic E-state index is 12.4. The van der Waals surface area contributed by atoms with Gasteiger partial charge in [-0.05, 0) is 29.8 Å². The Hall–Kier alpha value is -2.34. The van der Waals surface area contributed by atoms with Crippen molar-refractivity contribution in [3.8, 4) is 0 Å². The van der Waals surface area contributed by atoms with Crippen molar-refractivity contribution in [1.29, 1.82) is 0 Å². The monoisotopic (exact) mass is 326 g/mol. The van der Waals surface area contributed by atoms with Gasteiger partial charge in [-0.25, -0.2) is 5.43 Å². The van der Waals surface area contributed by atoms with E-state index in [2.05, 4.69) is 10.5 Å². The van der Waals surface area contributed by atoms with E-state index in [4.69, 9.17) is 11.6 Å². The molecule has 0 bridgehead atoms. The van der Waals surface area contributed by atoms with E-state index in [-0.39, 0.29) is 10.6 Å². The minimum absolute atomic E-state index is 0.258. The molecule has 0 saturated carbocycles. The van der Waals surface area contributed by atoms with Crippen LogP contribution in [0.3, 0.4) is 0 Å². The number of halogens is 4. The minimum Gasteiger partial charge on any atom is -0.267 e. The zero-order chi connectivity index (χ0) is 16.2. The lowest BCUT2D eigenvalue weighted by molar-refractivity contribution is -0.137. The van der Waals surface area contributed by atoms with Gasteiger partial charge < -0.3 is 0 Å². The van der Waals surface area contributed by atoms with Crippen molar-refractivity contribution in [3.05, 3.63) is 70.2 Å². The molecule has 0 unspecified atom stereocenters. The molecule has 3 nitrogen and oxygen atoms in total. The maximum Gasteiger partial charge on any atom is 0.416 e. The first-order valence-corrected chi connectivity index (χ1v) is 6.51. The van der Waals surface area contributed by atoms with Crippen LogP contribution in [0.1, 0.15) is 21.5 Å². The van der Waals surface area contributed by atoms with Gasteiger partial charge in [0.2, 0.25) is 0 Å². The predicted molar refractivity (Wildman–Crippen MR) is 78.0 cm³/mol. The van der Waals surface area contributed by atoms with Crippen molar-refractivity contribution in [3.63, 3.8) is 0 Å². The predicted octanol–water partition coefficient (Wildman–Crippen LogP) is 4.12. The summed E-state index contributed by atoms with van der Waals surface area (Å²) in [5, 5.41) is 3.97. The van der Waals surface area contributed by atoms with Gasteiger partial charge in [0, 0.05) is 0 Å². The molecule has 2 rings (SSSR count). The van der Waals surface area contributed by atoms with Gasteiger partial charge in [-0.2, -0.15) is 18.3 Å². The van der Waals surface area contributed by atoms with Crippen LogP contribution >= 0.6 is 11.6 Å². The van der Waals surface area contributed by atoms with Crippen molar-refractivity contribution in [2.24, 2.45) is 5.10 Å². The van der Waals surface area contributed by atoms with Gasteiger partial charge in [0.1, 0.15) is 0 Å². The van der Waals surface area contributed by atoms with Crippen LogP contribution in [0.4, 0.5) is 13.2 Å². The summed E-state index contributed by atoms with van der Waals surface area (Å²) in [5.74, 6) is -0.506. The highest BCUT2D eigenvalue weighted by Gasteiger charge is 2.29. The van der Waals surface area contributed by atoms with E-state index >= 15 is 0 Å². The fourth-order valence-corrected chi connectivity index (χ4v) is 1.85. The summed E-state index contributed by atoms with van der Waals surface area (Å²) in [6.07, 6.45) is -3.14. The van der Waals surface area contributed by atoms with Crippen molar-refractivity contribution >= 4 is 23.7 Å². The Morgan fingerprint density at radius 2 is 1.73 bits per heavy atom. The lowest BCUT2D eigenvalue weighted by Crippen LogP contribution is -2.17. The molecule has 2 aromatic carbocycles. The number of hydrazone groups is 1. The largest absolute Gasteiger partial charge is 0.416 e. The zero-order valence-corrected chi connectivity index (χ0v) is 11.8. The van der Waals surface area contributed by atoms with E-state index in [0.717, 1.165) is 12.1 Å². The Bertz CT molecular complexity index is 697. The fraction of sp³-hybridized carbons (Fsp3) is 0.0667. The number of hydrogen-bond acceptors (Lipinski definition) is 2. The first-order chi connectivity index (χ1) is 10.4. The van der Waals surface area contributed by atoms with Crippen LogP contribution in [-0.4, -0.2) is 12.1 Å². The number of carbonyl (C=O) groups is 1. The smallest absolute Gasteiger partial charge is 0.267 e. The second-order valence-corrected chi connectivity index (χ2v) is 4.71. The van der Waals surface area contributed by atoms with Gasteiger partial charge in [-0.1, -0.05) is 35.9 Å². The molecule has 0 atom stereocenters. The van der Waals surface area contributed by atoms with Crippen LogP contribution in [-0.2, 0) is 6.18 Å². The quantitative estimate of drug-likeness (QED) is 0.669. The van der Waals surface area contributed by atoms with Gasteiger partial charge >= 0.3 is 6.18 Å². The van der Waals surface area contributed by atoms with Gasteiger partial charge in [-0.15, -0.1) is 0 Å². The molecule has 0 saturated heterocycles. The van der Waals surface area contributed by atoms with E-state index in [0.29, 0.717) is 5.56 Å². The third kappa shape index (κ3) is 4.08. The number of nitrogens with zero attached hydrogens (tertiary/aromatic N) is 1. The summed E-state index contributed by atoms with van der Waals surface area (Å²) >= 11 is 5.86.